The van der Waals surface area contributed by atoms with E-state index in [1.54, 1.807) is 18.1 Å². The highest BCUT2D eigenvalue weighted by Crippen LogP contribution is 2.26. The quantitative estimate of drug-likeness (QED) is 0.757. The molecule has 0 radical (unpaired) electrons. The highest BCUT2D eigenvalue weighted by molar-refractivity contribution is 5.99. The van der Waals surface area contributed by atoms with Crippen molar-refractivity contribution in [1.82, 2.24) is 14.8 Å². The molecule has 7 nitrogen and oxygen atoms in total. The molecule has 0 spiro atoms. The van der Waals surface area contributed by atoms with Crippen molar-refractivity contribution in [3.63, 3.8) is 0 Å². The number of hydrogen-bond acceptors (Lipinski definition) is 4. The van der Waals surface area contributed by atoms with Gasteiger partial charge in [0, 0.05) is 32.8 Å². The van der Waals surface area contributed by atoms with Gasteiger partial charge in [0.1, 0.15) is 0 Å². The van der Waals surface area contributed by atoms with Gasteiger partial charge in [-0.15, -0.1) is 0 Å². The molecule has 2 heterocycles. The highest BCUT2D eigenvalue weighted by atomic mass is 16.7. The molecular weight excluding hydrogens is 272 g/mol. The number of hydroxylamine groups is 2. The maximum atomic E-state index is 12.1. The number of carbonyl (C=O) groups excluding carboxylic acids is 2. The predicted octanol–water partition coefficient (Wildman–Crippen LogP) is 0.912. The molecule has 116 valence electrons. The van der Waals surface area contributed by atoms with Gasteiger partial charge in [-0.3, -0.25) is 19.1 Å². The first-order valence-corrected chi connectivity index (χ1v) is 7.06. The number of carbonyl (C=O) groups is 2. The fraction of sp³-hybridized carbons (Fsp3) is 0.643. The molecule has 1 aromatic rings. The number of anilines is 1. The van der Waals surface area contributed by atoms with Crippen LogP contribution in [-0.4, -0.2) is 47.4 Å². The molecule has 0 aromatic carbocycles. The average Bonchev–Trinajstić information content (AvgIpc) is 3.02. The van der Waals surface area contributed by atoms with E-state index in [2.05, 4.69) is 18.9 Å². The first-order chi connectivity index (χ1) is 9.92. The normalized spacial score (nSPS) is 18.6. The third-order valence-electron chi connectivity index (χ3n) is 3.54. The van der Waals surface area contributed by atoms with Crippen LogP contribution in [0.3, 0.4) is 0 Å². The fourth-order valence-corrected chi connectivity index (χ4v) is 2.44. The summed E-state index contributed by atoms with van der Waals surface area (Å²) in [5.41, 5.74) is 0.746. The zero-order chi connectivity index (χ0) is 15.6. The van der Waals surface area contributed by atoms with E-state index in [1.165, 1.54) is 12.2 Å². The van der Waals surface area contributed by atoms with Crippen molar-refractivity contribution in [3.05, 3.63) is 12.4 Å². The molecule has 1 atom stereocenters. The van der Waals surface area contributed by atoms with Crippen molar-refractivity contribution < 1.29 is 14.4 Å². The first kappa shape index (κ1) is 15.5. The Morgan fingerprint density at radius 3 is 2.90 bits per heavy atom. The van der Waals surface area contributed by atoms with Crippen LogP contribution in [0.1, 0.15) is 20.3 Å². The van der Waals surface area contributed by atoms with Crippen molar-refractivity contribution in [1.29, 1.82) is 0 Å². The molecular formula is C14H22N4O3. The second-order valence-electron chi connectivity index (χ2n) is 5.74. The van der Waals surface area contributed by atoms with Gasteiger partial charge < -0.3 is 4.90 Å². The largest absolute Gasteiger partial charge is 0.309 e. The van der Waals surface area contributed by atoms with E-state index >= 15 is 0 Å². The van der Waals surface area contributed by atoms with E-state index in [0.29, 0.717) is 12.5 Å². The maximum Gasteiger partial charge on any atom is 0.251 e. The Morgan fingerprint density at radius 1 is 1.57 bits per heavy atom. The number of amides is 2. The molecule has 1 aliphatic rings. The van der Waals surface area contributed by atoms with Crippen LogP contribution < -0.4 is 4.90 Å². The van der Waals surface area contributed by atoms with Crippen LogP contribution in [0.5, 0.6) is 0 Å². The standard InChI is InChI=1S/C14H22N4O3/c1-10(2)7-17-9-12(6-15-17)18-8-11(5-13(18)19)14(20)16(3)21-4/h6,9-11H,5,7-8H2,1-4H3. The summed E-state index contributed by atoms with van der Waals surface area (Å²) in [5, 5.41) is 5.43. The SMILES string of the molecule is CON(C)C(=O)C1CC(=O)N(c2cnn(CC(C)C)c2)C1. The highest BCUT2D eigenvalue weighted by Gasteiger charge is 2.37. The Hall–Kier alpha value is -1.89. The van der Waals surface area contributed by atoms with Crippen molar-refractivity contribution in [2.75, 3.05) is 25.6 Å². The summed E-state index contributed by atoms with van der Waals surface area (Å²) in [6.45, 7) is 5.39. The summed E-state index contributed by atoms with van der Waals surface area (Å²) in [5.74, 6) is -0.113. The van der Waals surface area contributed by atoms with Crippen LogP contribution in [0, 0.1) is 11.8 Å². The third-order valence-corrected chi connectivity index (χ3v) is 3.54. The number of nitrogens with zero attached hydrogens (tertiary/aromatic N) is 4. The molecule has 0 N–H and O–H groups in total. The number of aromatic nitrogens is 2. The minimum absolute atomic E-state index is 0.0537. The monoisotopic (exact) mass is 294 g/mol. The smallest absolute Gasteiger partial charge is 0.251 e. The van der Waals surface area contributed by atoms with E-state index in [1.807, 2.05) is 10.9 Å². The van der Waals surface area contributed by atoms with Crippen LogP contribution in [0.4, 0.5) is 5.69 Å². The summed E-state index contributed by atoms with van der Waals surface area (Å²) in [6, 6.07) is 0. The lowest BCUT2D eigenvalue weighted by Gasteiger charge is -2.18. The molecule has 0 aliphatic carbocycles. The van der Waals surface area contributed by atoms with E-state index in [-0.39, 0.29) is 24.2 Å². The van der Waals surface area contributed by atoms with E-state index in [0.717, 1.165) is 12.2 Å². The maximum absolute atomic E-state index is 12.1. The lowest BCUT2D eigenvalue weighted by Crippen LogP contribution is -2.33. The molecule has 0 saturated carbocycles. The Kier molecular flexibility index (Phi) is 4.62. The number of hydrogen-bond donors (Lipinski definition) is 0. The van der Waals surface area contributed by atoms with E-state index < -0.39 is 0 Å². The molecule has 1 saturated heterocycles. The second-order valence-corrected chi connectivity index (χ2v) is 5.74. The minimum Gasteiger partial charge on any atom is -0.309 e. The van der Waals surface area contributed by atoms with E-state index in [9.17, 15) is 9.59 Å². The van der Waals surface area contributed by atoms with Gasteiger partial charge in [-0.05, 0) is 5.92 Å². The molecule has 0 bridgehead atoms. The van der Waals surface area contributed by atoms with Gasteiger partial charge >= 0.3 is 0 Å². The Morgan fingerprint density at radius 2 is 2.29 bits per heavy atom. The van der Waals surface area contributed by atoms with Crippen LogP contribution in [-0.2, 0) is 21.0 Å². The molecule has 7 heteroatoms. The van der Waals surface area contributed by atoms with Gasteiger partial charge in [0.2, 0.25) is 5.91 Å². The van der Waals surface area contributed by atoms with Crippen LogP contribution in [0.15, 0.2) is 12.4 Å². The second kappa shape index (κ2) is 6.26. The molecule has 2 rings (SSSR count). The van der Waals surface area contributed by atoms with Crippen LogP contribution in [0.25, 0.3) is 0 Å². The zero-order valence-corrected chi connectivity index (χ0v) is 12.9. The van der Waals surface area contributed by atoms with Gasteiger partial charge in [0.25, 0.3) is 5.91 Å². The Balaban J connectivity index is 2.06. The minimum atomic E-state index is -0.365. The fourth-order valence-electron chi connectivity index (χ4n) is 2.44. The summed E-state index contributed by atoms with van der Waals surface area (Å²) >= 11 is 0. The van der Waals surface area contributed by atoms with Gasteiger partial charge in [0.05, 0.1) is 24.9 Å². The van der Waals surface area contributed by atoms with E-state index in [4.69, 9.17) is 4.84 Å². The van der Waals surface area contributed by atoms with Gasteiger partial charge in [-0.25, -0.2) is 5.06 Å². The van der Waals surface area contributed by atoms with Gasteiger partial charge in [-0.1, -0.05) is 13.8 Å². The number of rotatable bonds is 5. The lowest BCUT2D eigenvalue weighted by molar-refractivity contribution is -0.172. The molecule has 21 heavy (non-hydrogen) atoms. The first-order valence-electron chi connectivity index (χ1n) is 7.06. The van der Waals surface area contributed by atoms with Crippen molar-refractivity contribution >= 4 is 17.5 Å². The van der Waals surface area contributed by atoms with Crippen molar-refractivity contribution in [2.24, 2.45) is 11.8 Å². The van der Waals surface area contributed by atoms with Gasteiger partial charge in [0.15, 0.2) is 0 Å². The van der Waals surface area contributed by atoms with Crippen molar-refractivity contribution in [2.45, 2.75) is 26.8 Å². The summed E-state index contributed by atoms with van der Waals surface area (Å²) in [4.78, 5) is 30.7. The molecule has 1 unspecified atom stereocenters. The summed E-state index contributed by atoms with van der Waals surface area (Å²) < 4.78 is 1.82. The Labute approximate surface area is 124 Å². The third kappa shape index (κ3) is 3.41. The lowest BCUT2D eigenvalue weighted by atomic mass is 10.1. The zero-order valence-electron chi connectivity index (χ0n) is 12.9. The molecule has 2 amide bonds. The molecule has 1 aliphatic heterocycles. The summed E-state index contributed by atoms with van der Waals surface area (Å²) in [7, 11) is 2.98. The molecule has 1 fully saturated rings. The van der Waals surface area contributed by atoms with Crippen LogP contribution in [0.2, 0.25) is 0 Å². The summed E-state index contributed by atoms with van der Waals surface area (Å²) in [6.07, 6.45) is 3.74. The average molecular weight is 294 g/mol. The van der Waals surface area contributed by atoms with Crippen LogP contribution >= 0.6 is 0 Å². The van der Waals surface area contributed by atoms with Gasteiger partial charge in [-0.2, -0.15) is 5.10 Å². The Bertz CT molecular complexity index is 526. The van der Waals surface area contributed by atoms with Crippen molar-refractivity contribution in [3.8, 4) is 0 Å². The predicted molar refractivity (Wildman–Crippen MR) is 77.3 cm³/mol. The molecule has 1 aromatic heterocycles. The topological polar surface area (TPSA) is 67.7 Å².